The lowest BCUT2D eigenvalue weighted by atomic mass is 10.0. The van der Waals surface area contributed by atoms with Gasteiger partial charge in [0.05, 0.1) is 5.57 Å². The molecule has 1 fully saturated rings. The highest BCUT2D eigenvalue weighted by molar-refractivity contribution is 7.80. The molecule has 1 aliphatic heterocycles. The standard InChI is InChI=1S/C15H17N3S/c1-11-8-14(18-6-2-3-7-18)5-4-12(11)9-13(10-16)15(17)19/h4-5,8-9H,2-3,6-7H2,1H3,(H2,17,19). The average molecular weight is 271 g/mol. The predicted molar refractivity (Wildman–Crippen MR) is 83.0 cm³/mol. The van der Waals surface area contributed by atoms with Gasteiger partial charge < -0.3 is 10.6 Å². The van der Waals surface area contributed by atoms with E-state index in [1.807, 2.05) is 19.1 Å². The van der Waals surface area contributed by atoms with Gasteiger partial charge in [0.25, 0.3) is 0 Å². The van der Waals surface area contributed by atoms with Crippen molar-refractivity contribution in [3.05, 3.63) is 34.9 Å². The van der Waals surface area contributed by atoms with Crippen LogP contribution in [0.1, 0.15) is 24.0 Å². The molecule has 2 N–H and O–H groups in total. The molecule has 4 heteroatoms. The molecule has 1 heterocycles. The summed E-state index contributed by atoms with van der Waals surface area (Å²) < 4.78 is 0. The first kappa shape index (κ1) is 13.6. The summed E-state index contributed by atoms with van der Waals surface area (Å²) in [6.45, 7) is 4.30. The SMILES string of the molecule is Cc1cc(N2CCCC2)ccc1C=C(C#N)C(N)=S. The molecule has 0 atom stereocenters. The third-order valence-corrected chi connectivity index (χ3v) is 3.63. The first-order valence-electron chi connectivity index (χ1n) is 6.39. The molecule has 0 bridgehead atoms. The zero-order valence-electron chi connectivity index (χ0n) is 11.0. The van der Waals surface area contributed by atoms with Crippen molar-refractivity contribution in [3.8, 4) is 6.07 Å². The van der Waals surface area contributed by atoms with Crippen LogP contribution >= 0.6 is 12.2 Å². The average Bonchev–Trinajstić information content (AvgIpc) is 2.90. The lowest BCUT2D eigenvalue weighted by molar-refractivity contribution is 0.949. The second-order valence-electron chi connectivity index (χ2n) is 4.77. The minimum atomic E-state index is 0.144. The van der Waals surface area contributed by atoms with Crippen LogP contribution < -0.4 is 10.6 Å². The topological polar surface area (TPSA) is 53.0 Å². The summed E-state index contributed by atoms with van der Waals surface area (Å²) in [5.41, 5.74) is 9.24. The van der Waals surface area contributed by atoms with Gasteiger partial charge in [-0.2, -0.15) is 5.26 Å². The fraction of sp³-hybridized carbons (Fsp3) is 0.333. The molecule has 0 amide bonds. The molecule has 19 heavy (non-hydrogen) atoms. The van der Waals surface area contributed by atoms with Crippen LogP contribution in [0, 0.1) is 18.3 Å². The minimum absolute atomic E-state index is 0.144. The molecule has 1 aliphatic rings. The van der Waals surface area contributed by atoms with Crippen LogP contribution in [0.15, 0.2) is 23.8 Å². The van der Waals surface area contributed by atoms with Crippen molar-refractivity contribution < 1.29 is 0 Å². The lowest BCUT2D eigenvalue weighted by Crippen LogP contribution is -2.17. The fourth-order valence-corrected chi connectivity index (χ4v) is 2.41. The molecule has 0 saturated carbocycles. The van der Waals surface area contributed by atoms with Crippen LogP contribution in [0.2, 0.25) is 0 Å². The summed E-state index contributed by atoms with van der Waals surface area (Å²) in [7, 11) is 0. The number of thiocarbonyl (C=S) groups is 1. The lowest BCUT2D eigenvalue weighted by Gasteiger charge is -2.18. The van der Waals surface area contributed by atoms with E-state index in [1.165, 1.54) is 18.5 Å². The van der Waals surface area contributed by atoms with Crippen LogP contribution in [0.5, 0.6) is 0 Å². The molecule has 1 aromatic rings. The Kier molecular flexibility index (Phi) is 4.18. The van der Waals surface area contributed by atoms with E-state index < -0.39 is 0 Å². The molecular formula is C15H17N3S. The van der Waals surface area contributed by atoms with Crippen molar-refractivity contribution in [1.82, 2.24) is 0 Å². The number of hydrogen-bond acceptors (Lipinski definition) is 3. The van der Waals surface area contributed by atoms with Crippen LogP contribution in [0.3, 0.4) is 0 Å². The third kappa shape index (κ3) is 3.12. The van der Waals surface area contributed by atoms with Gasteiger partial charge in [-0.25, -0.2) is 0 Å². The molecular weight excluding hydrogens is 254 g/mol. The Labute approximate surface area is 119 Å². The smallest absolute Gasteiger partial charge is 0.114 e. The quantitative estimate of drug-likeness (QED) is 0.522. The molecule has 98 valence electrons. The normalized spacial score (nSPS) is 15.4. The summed E-state index contributed by atoms with van der Waals surface area (Å²) in [5, 5.41) is 8.98. The van der Waals surface area contributed by atoms with Gasteiger partial charge in [-0.05, 0) is 49.1 Å². The van der Waals surface area contributed by atoms with Crippen molar-refractivity contribution in [2.45, 2.75) is 19.8 Å². The van der Waals surface area contributed by atoms with Gasteiger partial charge in [0.15, 0.2) is 0 Å². The van der Waals surface area contributed by atoms with Gasteiger partial charge in [-0.1, -0.05) is 18.3 Å². The Bertz CT molecular complexity index is 563. The van der Waals surface area contributed by atoms with Crippen LogP contribution in [-0.4, -0.2) is 18.1 Å². The Morgan fingerprint density at radius 1 is 1.42 bits per heavy atom. The molecule has 0 aliphatic carbocycles. The summed E-state index contributed by atoms with van der Waals surface area (Å²) in [6, 6.07) is 8.31. The third-order valence-electron chi connectivity index (χ3n) is 3.41. The van der Waals surface area contributed by atoms with Gasteiger partial charge in [0.1, 0.15) is 11.1 Å². The molecule has 2 rings (SSSR count). The maximum atomic E-state index is 8.98. The molecule has 0 spiro atoms. The highest BCUT2D eigenvalue weighted by Gasteiger charge is 2.12. The number of rotatable bonds is 3. The van der Waals surface area contributed by atoms with Gasteiger partial charge >= 0.3 is 0 Å². The summed E-state index contributed by atoms with van der Waals surface area (Å²) >= 11 is 4.85. The molecule has 0 unspecified atom stereocenters. The number of nitriles is 1. The number of hydrogen-bond donors (Lipinski definition) is 1. The van der Waals surface area contributed by atoms with Crippen molar-refractivity contribution in [2.75, 3.05) is 18.0 Å². The van der Waals surface area contributed by atoms with E-state index in [1.54, 1.807) is 6.08 Å². The van der Waals surface area contributed by atoms with E-state index in [2.05, 4.69) is 17.0 Å². The molecule has 0 radical (unpaired) electrons. The first-order chi connectivity index (χ1) is 9.11. The number of nitrogens with zero attached hydrogens (tertiary/aromatic N) is 2. The van der Waals surface area contributed by atoms with Crippen LogP contribution in [0.25, 0.3) is 6.08 Å². The van der Waals surface area contributed by atoms with Crippen molar-refractivity contribution in [2.24, 2.45) is 5.73 Å². The maximum Gasteiger partial charge on any atom is 0.114 e. The molecule has 1 aromatic carbocycles. The Balaban J connectivity index is 2.29. The van der Waals surface area contributed by atoms with E-state index in [9.17, 15) is 0 Å². The van der Waals surface area contributed by atoms with Gasteiger partial charge in [0.2, 0.25) is 0 Å². The van der Waals surface area contributed by atoms with Gasteiger partial charge in [-0.3, -0.25) is 0 Å². The van der Waals surface area contributed by atoms with Crippen molar-refractivity contribution >= 4 is 29.0 Å². The van der Waals surface area contributed by atoms with Crippen LogP contribution in [-0.2, 0) is 0 Å². The monoisotopic (exact) mass is 271 g/mol. The summed E-state index contributed by atoms with van der Waals surface area (Å²) in [4.78, 5) is 2.53. The van der Waals surface area contributed by atoms with Gasteiger partial charge in [-0.15, -0.1) is 0 Å². The zero-order chi connectivity index (χ0) is 13.8. The number of benzene rings is 1. The summed E-state index contributed by atoms with van der Waals surface area (Å²) in [6.07, 6.45) is 4.28. The second-order valence-corrected chi connectivity index (χ2v) is 5.21. The molecule has 3 nitrogen and oxygen atoms in total. The van der Waals surface area contributed by atoms with Gasteiger partial charge in [0, 0.05) is 18.8 Å². The minimum Gasteiger partial charge on any atom is -0.389 e. The maximum absolute atomic E-state index is 8.98. The Hall–Kier alpha value is -1.86. The number of aryl methyl sites for hydroxylation is 1. The largest absolute Gasteiger partial charge is 0.389 e. The second kappa shape index (κ2) is 5.85. The Morgan fingerprint density at radius 3 is 2.63 bits per heavy atom. The summed E-state index contributed by atoms with van der Waals surface area (Å²) in [5.74, 6) is 0. The highest BCUT2D eigenvalue weighted by atomic mass is 32.1. The van der Waals surface area contributed by atoms with E-state index in [4.69, 9.17) is 23.2 Å². The fourth-order valence-electron chi connectivity index (χ4n) is 2.31. The van der Waals surface area contributed by atoms with Crippen molar-refractivity contribution in [3.63, 3.8) is 0 Å². The van der Waals surface area contributed by atoms with E-state index >= 15 is 0 Å². The molecule has 0 aromatic heterocycles. The Morgan fingerprint density at radius 2 is 2.11 bits per heavy atom. The zero-order valence-corrected chi connectivity index (χ0v) is 11.8. The van der Waals surface area contributed by atoms with E-state index in [-0.39, 0.29) is 4.99 Å². The van der Waals surface area contributed by atoms with Crippen LogP contribution in [0.4, 0.5) is 5.69 Å². The molecule has 1 saturated heterocycles. The first-order valence-corrected chi connectivity index (χ1v) is 6.80. The van der Waals surface area contributed by atoms with E-state index in [0.29, 0.717) is 5.57 Å². The predicted octanol–water partition coefficient (Wildman–Crippen LogP) is 2.79. The van der Waals surface area contributed by atoms with E-state index in [0.717, 1.165) is 24.2 Å². The number of anilines is 1. The van der Waals surface area contributed by atoms with Crippen molar-refractivity contribution in [1.29, 1.82) is 5.26 Å². The number of nitrogens with two attached hydrogens (primary N) is 1. The highest BCUT2D eigenvalue weighted by Crippen LogP contribution is 2.24.